The molecule has 0 bridgehead atoms. The number of anilines is 1. The summed E-state index contributed by atoms with van der Waals surface area (Å²) >= 11 is 0. The summed E-state index contributed by atoms with van der Waals surface area (Å²) in [4.78, 5) is 4.04. The van der Waals surface area contributed by atoms with E-state index in [-0.39, 0.29) is 5.60 Å². The predicted molar refractivity (Wildman–Crippen MR) is 58.1 cm³/mol. The van der Waals surface area contributed by atoms with Gasteiger partial charge in [0.05, 0.1) is 5.60 Å². The number of nitrogens with zero attached hydrogens (tertiary/aromatic N) is 1. The quantitative estimate of drug-likeness (QED) is 0.797. The number of aryl methyl sites for hydroxylation is 1. The highest BCUT2D eigenvalue weighted by Gasteiger charge is 2.16. The predicted octanol–water partition coefficient (Wildman–Crippen LogP) is 2.02. The molecule has 0 saturated heterocycles. The number of nitrogen functional groups attached to an aromatic ring is 1. The van der Waals surface area contributed by atoms with E-state index in [2.05, 4.69) is 18.8 Å². The average Bonchev–Trinajstić information content (AvgIpc) is 2.17. The van der Waals surface area contributed by atoms with Crippen molar-refractivity contribution in [2.45, 2.75) is 32.3 Å². The van der Waals surface area contributed by atoms with E-state index in [1.54, 1.807) is 13.3 Å². The maximum absolute atomic E-state index is 5.74. The van der Waals surface area contributed by atoms with Crippen LogP contribution in [-0.2, 0) is 11.2 Å². The lowest BCUT2D eigenvalue weighted by molar-refractivity contribution is 0.0158. The van der Waals surface area contributed by atoms with Crippen LogP contribution in [-0.4, -0.2) is 17.7 Å². The van der Waals surface area contributed by atoms with E-state index in [1.165, 1.54) is 0 Å². The fourth-order valence-corrected chi connectivity index (χ4v) is 1.20. The van der Waals surface area contributed by atoms with Crippen LogP contribution < -0.4 is 5.73 Å². The van der Waals surface area contributed by atoms with Crippen molar-refractivity contribution in [3.8, 4) is 0 Å². The van der Waals surface area contributed by atoms with Crippen molar-refractivity contribution in [1.29, 1.82) is 0 Å². The Morgan fingerprint density at radius 2 is 2.21 bits per heavy atom. The molecular weight excluding hydrogens is 176 g/mol. The van der Waals surface area contributed by atoms with Crippen LogP contribution in [0, 0.1) is 0 Å². The fraction of sp³-hybridized carbons (Fsp3) is 0.545. The molecule has 1 aromatic rings. The first kappa shape index (κ1) is 11.0. The number of ether oxygens (including phenoxy) is 1. The average molecular weight is 194 g/mol. The van der Waals surface area contributed by atoms with Gasteiger partial charge in [0.2, 0.25) is 0 Å². The maximum atomic E-state index is 5.74. The molecule has 3 heteroatoms. The Hall–Kier alpha value is -1.09. The Bertz CT molecular complexity index is 297. The molecule has 1 heterocycles. The summed E-state index contributed by atoms with van der Waals surface area (Å²) in [6, 6.07) is 3.92. The maximum Gasteiger partial charge on any atom is 0.126 e. The molecule has 0 atom stereocenters. The molecule has 2 N–H and O–H groups in total. The highest BCUT2D eigenvalue weighted by Crippen LogP contribution is 2.18. The third-order valence-electron chi connectivity index (χ3n) is 2.48. The molecule has 0 radical (unpaired) electrons. The Kier molecular flexibility index (Phi) is 3.47. The van der Waals surface area contributed by atoms with Crippen molar-refractivity contribution in [1.82, 2.24) is 4.98 Å². The summed E-state index contributed by atoms with van der Waals surface area (Å²) < 4.78 is 5.34. The standard InChI is InChI=1S/C11H18N2O/c1-11(2,14-3)7-6-9-5-4-8-13-10(9)12/h4-5,8H,6-7H2,1-3H3,(H2,12,13). The minimum absolute atomic E-state index is 0.0950. The third-order valence-corrected chi connectivity index (χ3v) is 2.48. The van der Waals surface area contributed by atoms with E-state index in [1.807, 2.05) is 12.1 Å². The number of nitrogens with two attached hydrogens (primary N) is 1. The van der Waals surface area contributed by atoms with Crippen molar-refractivity contribution in [3.05, 3.63) is 23.9 Å². The topological polar surface area (TPSA) is 48.1 Å². The lowest BCUT2D eigenvalue weighted by Gasteiger charge is -2.22. The van der Waals surface area contributed by atoms with Crippen LogP contribution in [0.1, 0.15) is 25.8 Å². The Morgan fingerprint density at radius 1 is 1.50 bits per heavy atom. The molecule has 0 aliphatic heterocycles. The van der Waals surface area contributed by atoms with Gasteiger partial charge in [0.25, 0.3) is 0 Å². The van der Waals surface area contributed by atoms with Crippen LogP contribution in [0.2, 0.25) is 0 Å². The number of pyridine rings is 1. The molecule has 14 heavy (non-hydrogen) atoms. The number of hydrogen-bond donors (Lipinski definition) is 1. The van der Waals surface area contributed by atoms with Crippen molar-refractivity contribution in [2.24, 2.45) is 0 Å². The third kappa shape index (κ3) is 3.00. The van der Waals surface area contributed by atoms with E-state index >= 15 is 0 Å². The van der Waals surface area contributed by atoms with Gasteiger partial charge in [-0.1, -0.05) is 6.07 Å². The Labute approximate surface area is 85.3 Å². The summed E-state index contributed by atoms with van der Waals surface area (Å²) in [5.41, 5.74) is 6.74. The summed E-state index contributed by atoms with van der Waals surface area (Å²) in [5.74, 6) is 0.624. The summed E-state index contributed by atoms with van der Waals surface area (Å²) in [6.07, 6.45) is 3.56. The van der Waals surface area contributed by atoms with E-state index in [0.717, 1.165) is 18.4 Å². The van der Waals surface area contributed by atoms with Crippen LogP contribution in [0.4, 0.5) is 5.82 Å². The van der Waals surface area contributed by atoms with Crippen molar-refractivity contribution >= 4 is 5.82 Å². The zero-order chi connectivity index (χ0) is 10.6. The second-order valence-electron chi connectivity index (χ2n) is 4.01. The van der Waals surface area contributed by atoms with Crippen LogP contribution in [0.25, 0.3) is 0 Å². The number of rotatable bonds is 4. The fourth-order valence-electron chi connectivity index (χ4n) is 1.20. The summed E-state index contributed by atoms with van der Waals surface area (Å²) in [6.45, 7) is 4.14. The molecule has 0 aliphatic carbocycles. The van der Waals surface area contributed by atoms with Gasteiger partial charge < -0.3 is 10.5 Å². The van der Waals surface area contributed by atoms with E-state index in [9.17, 15) is 0 Å². The molecular formula is C11H18N2O. The van der Waals surface area contributed by atoms with E-state index in [4.69, 9.17) is 10.5 Å². The van der Waals surface area contributed by atoms with Gasteiger partial charge in [0.15, 0.2) is 0 Å². The molecule has 1 aromatic heterocycles. The Balaban J connectivity index is 2.58. The van der Waals surface area contributed by atoms with Gasteiger partial charge in [-0.2, -0.15) is 0 Å². The van der Waals surface area contributed by atoms with Crippen LogP contribution in [0.5, 0.6) is 0 Å². The zero-order valence-electron chi connectivity index (χ0n) is 9.08. The minimum atomic E-state index is -0.0950. The second kappa shape index (κ2) is 4.42. The number of hydrogen-bond acceptors (Lipinski definition) is 3. The zero-order valence-corrected chi connectivity index (χ0v) is 9.08. The molecule has 1 rings (SSSR count). The van der Waals surface area contributed by atoms with Crippen molar-refractivity contribution in [2.75, 3.05) is 12.8 Å². The van der Waals surface area contributed by atoms with Gasteiger partial charge in [0.1, 0.15) is 5.82 Å². The summed E-state index contributed by atoms with van der Waals surface area (Å²) in [7, 11) is 1.73. The minimum Gasteiger partial charge on any atom is -0.383 e. The molecule has 0 saturated carbocycles. The molecule has 3 nitrogen and oxygen atoms in total. The van der Waals surface area contributed by atoms with Gasteiger partial charge >= 0.3 is 0 Å². The highest BCUT2D eigenvalue weighted by molar-refractivity contribution is 5.38. The molecule has 0 spiro atoms. The molecule has 0 amide bonds. The number of methoxy groups -OCH3 is 1. The van der Waals surface area contributed by atoms with Crippen molar-refractivity contribution < 1.29 is 4.74 Å². The van der Waals surface area contributed by atoms with Gasteiger partial charge in [-0.25, -0.2) is 4.98 Å². The lowest BCUT2D eigenvalue weighted by Crippen LogP contribution is -2.23. The first-order valence-corrected chi connectivity index (χ1v) is 4.80. The molecule has 0 aromatic carbocycles. The van der Waals surface area contributed by atoms with Gasteiger partial charge in [0, 0.05) is 13.3 Å². The van der Waals surface area contributed by atoms with E-state index < -0.39 is 0 Å². The first-order chi connectivity index (χ1) is 6.55. The second-order valence-corrected chi connectivity index (χ2v) is 4.01. The van der Waals surface area contributed by atoms with Gasteiger partial charge in [-0.05, 0) is 38.3 Å². The van der Waals surface area contributed by atoms with Gasteiger partial charge in [-0.15, -0.1) is 0 Å². The normalized spacial score (nSPS) is 11.6. The lowest BCUT2D eigenvalue weighted by atomic mass is 9.99. The highest BCUT2D eigenvalue weighted by atomic mass is 16.5. The smallest absolute Gasteiger partial charge is 0.126 e. The van der Waals surface area contributed by atoms with E-state index in [0.29, 0.717) is 5.82 Å². The van der Waals surface area contributed by atoms with Crippen LogP contribution in [0.15, 0.2) is 18.3 Å². The SMILES string of the molecule is COC(C)(C)CCc1cccnc1N. The monoisotopic (exact) mass is 194 g/mol. The molecule has 0 fully saturated rings. The van der Waals surface area contributed by atoms with Crippen molar-refractivity contribution in [3.63, 3.8) is 0 Å². The molecule has 0 aliphatic rings. The molecule has 0 unspecified atom stereocenters. The summed E-state index contributed by atoms with van der Waals surface area (Å²) in [5, 5.41) is 0. The first-order valence-electron chi connectivity index (χ1n) is 4.80. The molecule has 78 valence electrons. The van der Waals surface area contributed by atoms with Crippen LogP contribution in [0.3, 0.4) is 0 Å². The largest absolute Gasteiger partial charge is 0.383 e. The van der Waals surface area contributed by atoms with Crippen LogP contribution >= 0.6 is 0 Å². The Morgan fingerprint density at radius 3 is 2.79 bits per heavy atom. The number of aromatic nitrogens is 1. The van der Waals surface area contributed by atoms with Gasteiger partial charge in [-0.3, -0.25) is 0 Å².